The molecule has 102 valence electrons. The molecule has 0 aromatic rings. The largest absolute Gasteiger partial charge is 0.354 e. The van der Waals surface area contributed by atoms with E-state index in [0.717, 1.165) is 18.9 Å². The van der Waals surface area contributed by atoms with E-state index in [-0.39, 0.29) is 11.9 Å². The number of hydrogen-bond acceptors (Lipinski definition) is 2. The van der Waals surface area contributed by atoms with Crippen LogP contribution in [0.2, 0.25) is 0 Å². The number of fused-ring (bicyclic) bond motifs is 1. The molecule has 1 saturated heterocycles. The van der Waals surface area contributed by atoms with Gasteiger partial charge >= 0.3 is 0 Å². The molecular formula is C15H26N2O. The van der Waals surface area contributed by atoms with Gasteiger partial charge in [-0.15, -0.1) is 0 Å². The molecule has 2 N–H and O–H groups in total. The van der Waals surface area contributed by atoms with Gasteiger partial charge in [0.05, 0.1) is 6.04 Å². The average molecular weight is 250 g/mol. The highest BCUT2D eigenvalue weighted by atomic mass is 16.2. The third-order valence-electron chi connectivity index (χ3n) is 5.26. The second kappa shape index (κ2) is 4.84. The number of amides is 1. The minimum Gasteiger partial charge on any atom is -0.354 e. The molecule has 0 aromatic heterocycles. The first-order valence-electron chi connectivity index (χ1n) is 7.70. The van der Waals surface area contributed by atoms with Crippen LogP contribution < -0.4 is 10.6 Å². The summed E-state index contributed by atoms with van der Waals surface area (Å²) in [5.74, 6) is 1.08. The Labute approximate surface area is 110 Å². The second-order valence-corrected chi connectivity index (χ2v) is 6.98. The van der Waals surface area contributed by atoms with Gasteiger partial charge in [0, 0.05) is 12.6 Å². The van der Waals surface area contributed by atoms with Gasteiger partial charge in [0.2, 0.25) is 5.91 Å². The summed E-state index contributed by atoms with van der Waals surface area (Å²) < 4.78 is 0. The topological polar surface area (TPSA) is 41.1 Å². The molecule has 3 rings (SSSR count). The van der Waals surface area contributed by atoms with Crippen LogP contribution in [0, 0.1) is 11.3 Å². The van der Waals surface area contributed by atoms with Crippen molar-refractivity contribution in [2.24, 2.45) is 11.3 Å². The van der Waals surface area contributed by atoms with Crippen LogP contribution >= 0.6 is 0 Å². The zero-order valence-electron chi connectivity index (χ0n) is 11.5. The van der Waals surface area contributed by atoms with E-state index in [1.807, 2.05) is 0 Å². The first kappa shape index (κ1) is 12.5. The summed E-state index contributed by atoms with van der Waals surface area (Å²) in [7, 11) is 0. The fourth-order valence-corrected chi connectivity index (χ4v) is 3.52. The first-order chi connectivity index (χ1) is 8.66. The van der Waals surface area contributed by atoms with Crippen LogP contribution in [0.4, 0.5) is 0 Å². The van der Waals surface area contributed by atoms with Gasteiger partial charge in [-0.2, -0.15) is 0 Å². The summed E-state index contributed by atoms with van der Waals surface area (Å²) in [5.41, 5.74) is 0.414. The van der Waals surface area contributed by atoms with Crippen LogP contribution in [-0.2, 0) is 4.79 Å². The van der Waals surface area contributed by atoms with E-state index >= 15 is 0 Å². The zero-order valence-corrected chi connectivity index (χ0v) is 11.5. The Morgan fingerprint density at radius 2 is 2.00 bits per heavy atom. The van der Waals surface area contributed by atoms with Gasteiger partial charge in [0.1, 0.15) is 0 Å². The van der Waals surface area contributed by atoms with Crippen LogP contribution in [0.1, 0.15) is 58.3 Å². The van der Waals surface area contributed by atoms with Gasteiger partial charge < -0.3 is 10.6 Å². The number of nitrogens with one attached hydrogen (secondary N) is 2. The maximum atomic E-state index is 12.2. The summed E-state index contributed by atoms with van der Waals surface area (Å²) in [4.78, 5) is 12.2. The molecule has 3 aliphatic rings. The third kappa shape index (κ3) is 2.71. The molecule has 0 radical (unpaired) electrons. The van der Waals surface area contributed by atoms with Crippen LogP contribution in [0.15, 0.2) is 0 Å². The Balaban J connectivity index is 1.48. The van der Waals surface area contributed by atoms with E-state index in [0.29, 0.717) is 11.5 Å². The summed E-state index contributed by atoms with van der Waals surface area (Å²) >= 11 is 0. The lowest BCUT2D eigenvalue weighted by Gasteiger charge is -2.40. The molecular weight excluding hydrogens is 224 g/mol. The lowest BCUT2D eigenvalue weighted by Crippen LogP contribution is -2.55. The maximum Gasteiger partial charge on any atom is 0.237 e. The summed E-state index contributed by atoms with van der Waals surface area (Å²) in [6.45, 7) is 3.14. The molecule has 18 heavy (non-hydrogen) atoms. The lowest BCUT2D eigenvalue weighted by molar-refractivity contribution is -0.124. The van der Waals surface area contributed by atoms with Crippen molar-refractivity contribution in [2.75, 3.05) is 6.54 Å². The molecule has 1 aliphatic heterocycles. The molecule has 1 heterocycles. The number of hydrogen-bond donors (Lipinski definition) is 2. The number of rotatable bonds is 3. The Morgan fingerprint density at radius 3 is 2.78 bits per heavy atom. The lowest BCUT2D eigenvalue weighted by atomic mass is 9.77. The Kier molecular flexibility index (Phi) is 3.35. The number of carbonyl (C=O) groups excluding carboxylic acids is 1. The van der Waals surface area contributed by atoms with Gasteiger partial charge in [-0.1, -0.05) is 19.8 Å². The highest BCUT2D eigenvalue weighted by Crippen LogP contribution is 2.44. The molecule has 2 saturated carbocycles. The average Bonchev–Trinajstić information content (AvgIpc) is 3.14. The predicted molar refractivity (Wildman–Crippen MR) is 72.3 cm³/mol. The molecule has 0 bridgehead atoms. The van der Waals surface area contributed by atoms with Crippen LogP contribution in [0.25, 0.3) is 0 Å². The van der Waals surface area contributed by atoms with Crippen LogP contribution in [0.5, 0.6) is 0 Å². The predicted octanol–water partition coefficient (Wildman–Crippen LogP) is 2.21. The van der Waals surface area contributed by atoms with Crippen molar-refractivity contribution in [1.29, 1.82) is 0 Å². The molecule has 2 aliphatic carbocycles. The molecule has 3 unspecified atom stereocenters. The van der Waals surface area contributed by atoms with E-state index in [1.165, 1.54) is 44.9 Å². The van der Waals surface area contributed by atoms with E-state index in [1.54, 1.807) is 0 Å². The van der Waals surface area contributed by atoms with Crippen molar-refractivity contribution < 1.29 is 4.79 Å². The van der Waals surface area contributed by atoms with Crippen molar-refractivity contribution in [3.63, 3.8) is 0 Å². The Bertz CT molecular complexity index is 324. The first-order valence-corrected chi connectivity index (χ1v) is 7.70. The molecule has 0 spiro atoms. The highest BCUT2D eigenvalue weighted by molar-refractivity contribution is 5.82. The van der Waals surface area contributed by atoms with E-state index < -0.39 is 0 Å². The molecule has 1 amide bonds. The van der Waals surface area contributed by atoms with Crippen LogP contribution in [-0.4, -0.2) is 24.5 Å². The zero-order chi connectivity index (χ0) is 12.6. The van der Waals surface area contributed by atoms with Gasteiger partial charge in [0.25, 0.3) is 0 Å². The Morgan fingerprint density at radius 1 is 1.22 bits per heavy atom. The van der Waals surface area contributed by atoms with Crippen molar-refractivity contribution in [3.05, 3.63) is 0 Å². The van der Waals surface area contributed by atoms with Gasteiger partial charge in [-0.25, -0.2) is 0 Å². The SMILES string of the molecule is CC1(CNC(=O)C2CCC3CCCCC3N2)CC1. The quantitative estimate of drug-likeness (QED) is 0.806. The standard InChI is InChI=1S/C15H26N2O/c1-15(8-9-15)10-16-14(18)13-7-6-11-4-2-3-5-12(11)17-13/h11-13,17H,2-10H2,1H3,(H,16,18). The Hall–Kier alpha value is -0.570. The van der Waals surface area contributed by atoms with Crippen molar-refractivity contribution in [1.82, 2.24) is 10.6 Å². The molecule has 3 heteroatoms. The second-order valence-electron chi connectivity index (χ2n) is 6.98. The van der Waals surface area contributed by atoms with E-state index in [4.69, 9.17) is 0 Å². The fraction of sp³-hybridized carbons (Fsp3) is 0.933. The van der Waals surface area contributed by atoms with Gasteiger partial charge in [-0.3, -0.25) is 4.79 Å². The summed E-state index contributed by atoms with van der Waals surface area (Å²) in [5, 5.41) is 6.75. The minimum atomic E-state index is 0.0756. The third-order valence-corrected chi connectivity index (χ3v) is 5.26. The molecule has 0 aromatic carbocycles. The van der Waals surface area contributed by atoms with Gasteiger partial charge in [0.15, 0.2) is 0 Å². The monoisotopic (exact) mass is 250 g/mol. The number of carbonyl (C=O) groups is 1. The number of piperidine rings is 1. The molecule has 3 nitrogen and oxygen atoms in total. The van der Waals surface area contributed by atoms with E-state index in [2.05, 4.69) is 17.6 Å². The highest BCUT2D eigenvalue weighted by Gasteiger charge is 2.39. The molecule has 3 fully saturated rings. The maximum absolute atomic E-state index is 12.2. The minimum absolute atomic E-state index is 0.0756. The normalized spacial score (nSPS) is 37.7. The van der Waals surface area contributed by atoms with Crippen molar-refractivity contribution in [3.8, 4) is 0 Å². The smallest absolute Gasteiger partial charge is 0.237 e. The van der Waals surface area contributed by atoms with Crippen LogP contribution in [0.3, 0.4) is 0 Å². The van der Waals surface area contributed by atoms with Crippen molar-refractivity contribution in [2.45, 2.75) is 70.4 Å². The van der Waals surface area contributed by atoms with Gasteiger partial charge in [-0.05, 0) is 49.9 Å². The summed E-state index contributed by atoms with van der Waals surface area (Å²) in [6.07, 6.45) is 10.2. The van der Waals surface area contributed by atoms with E-state index in [9.17, 15) is 4.79 Å². The summed E-state index contributed by atoms with van der Waals surface area (Å²) in [6, 6.07) is 0.687. The fourth-order valence-electron chi connectivity index (χ4n) is 3.52. The molecule has 3 atom stereocenters. The van der Waals surface area contributed by atoms with Crippen molar-refractivity contribution >= 4 is 5.91 Å².